The Bertz CT molecular complexity index is 976. The Morgan fingerprint density at radius 1 is 0.931 bits per heavy atom. The first kappa shape index (κ1) is 20.0. The highest BCUT2D eigenvalue weighted by Crippen LogP contribution is 2.39. The molecule has 1 heterocycles. The zero-order chi connectivity index (χ0) is 20.6. The van der Waals surface area contributed by atoms with Gasteiger partial charge in [0, 0.05) is 18.8 Å². The molecule has 29 heavy (non-hydrogen) atoms. The van der Waals surface area contributed by atoms with Crippen LogP contribution in [-0.4, -0.2) is 32.2 Å². The molecule has 2 aromatic carbocycles. The van der Waals surface area contributed by atoms with Crippen LogP contribution in [0.25, 0.3) is 0 Å². The second-order valence-electron chi connectivity index (χ2n) is 5.98. The molecule has 0 aliphatic rings. The van der Waals surface area contributed by atoms with Crippen LogP contribution in [0.2, 0.25) is 0 Å². The fourth-order valence-corrected chi connectivity index (χ4v) is 2.80. The molecule has 1 N–H and O–H groups in total. The summed E-state index contributed by atoms with van der Waals surface area (Å²) in [6, 6.07) is 16.2. The molecule has 0 atom stereocenters. The highest BCUT2D eigenvalue weighted by atomic mass is 16.5. The van der Waals surface area contributed by atoms with E-state index < -0.39 is 0 Å². The first-order chi connectivity index (χ1) is 14.2. The molecule has 7 nitrogen and oxygen atoms in total. The molecule has 1 aromatic heterocycles. The van der Waals surface area contributed by atoms with Gasteiger partial charge < -0.3 is 24.3 Å². The summed E-state index contributed by atoms with van der Waals surface area (Å²) in [5, 5.41) is 2.88. The minimum Gasteiger partial charge on any atom is -0.493 e. The van der Waals surface area contributed by atoms with Gasteiger partial charge in [-0.05, 0) is 35.9 Å². The van der Waals surface area contributed by atoms with E-state index in [1.165, 1.54) is 21.3 Å². The average Bonchev–Trinajstić information content (AvgIpc) is 2.77. The lowest BCUT2D eigenvalue weighted by Crippen LogP contribution is -2.23. The second-order valence-corrected chi connectivity index (χ2v) is 5.98. The number of rotatable bonds is 8. The summed E-state index contributed by atoms with van der Waals surface area (Å²) in [5.74, 6) is 2.02. The number of carbonyl (C=O) groups excluding carboxylic acids is 1. The van der Waals surface area contributed by atoms with Crippen molar-refractivity contribution in [2.45, 2.75) is 6.54 Å². The van der Waals surface area contributed by atoms with Crippen LogP contribution in [0, 0.1) is 0 Å². The first-order valence-corrected chi connectivity index (χ1v) is 8.91. The number of methoxy groups -OCH3 is 3. The van der Waals surface area contributed by atoms with Crippen LogP contribution in [0.1, 0.15) is 15.9 Å². The number of carbonyl (C=O) groups is 1. The molecular weight excluding hydrogens is 372 g/mol. The van der Waals surface area contributed by atoms with Crippen LogP contribution in [-0.2, 0) is 6.54 Å². The fraction of sp³-hybridized carbons (Fsp3) is 0.182. The van der Waals surface area contributed by atoms with E-state index in [0.717, 1.165) is 5.56 Å². The molecule has 7 heteroatoms. The SMILES string of the molecule is COc1ccc(C(=O)NCc2cccc(Oc3ccccn3)c2)c(OC)c1OC. The maximum atomic E-state index is 12.7. The number of amides is 1. The number of hydrogen-bond acceptors (Lipinski definition) is 6. The van der Waals surface area contributed by atoms with Gasteiger partial charge in [-0.1, -0.05) is 18.2 Å². The Balaban J connectivity index is 1.72. The van der Waals surface area contributed by atoms with Crippen LogP contribution < -0.4 is 24.3 Å². The Morgan fingerprint density at radius 2 is 1.76 bits per heavy atom. The minimum atomic E-state index is -0.293. The van der Waals surface area contributed by atoms with Crippen molar-refractivity contribution in [3.05, 3.63) is 71.9 Å². The minimum absolute atomic E-state index is 0.293. The summed E-state index contributed by atoms with van der Waals surface area (Å²) in [6.07, 6.45) is 1.66. The largest absolute Gasteiger partial charge is 0.493 e. The molecule has 0 bridgehead atoms. The summed E-state index contributed by atoms with van der Waals surface area (Å²) in [4.78, 5) is 16.9. The summed E-state index contributed by atoms with van der Waals surface area (Å²) >= 11 is 0. The van der Waals surface area contributed by atoms with Crippen molar-refractivity contribution in [2.75, 3.05) is 21.3 Å². The van der Waals surface area contributed by atoms with Crippen LogP contribution in [0.3, 0.4) is 0 Å². The third kappa shape index (κ3) is 4.76. The van der Waals surface area contributed by atoms with Crippen molar-refractivity contribution in [3.63, 3.8) is 0 Å². The molecule has 150 valence electrons. The van der Waals surface area contributed by atoms with Crippen molar-refractivity contribution in [1.82, 2.24) is 10.3 Å². The summed E-state index contributed by atoms with van der Waals surface area (Å²) in [7, 11) is 4.50. The zero-order valence-electron chi connectivity index (χ0n) is 16.5. The van der Waals surface area contributed by atoms with Gasteiger partial charge in [0.15, 0.2) is 11.5 Å². The Morgan fingerprint density at radius 3 is 2.45 bits per heavy atom. The summed E-state index contributed by atoms with van der Waals surface area (Å²) < 4.78 is 21.7. The van der Waals surface area contributed by atoms with Crippen molar-refractivity contribution >= 4 is 5.91 Å². The molecule has 0 saturated carbocycles. The number of ether oxygens (including phenoxy) is 4. The van der Waals surface area contributed by atoms with Gasteiger partial charge in [-0.25, -0.2) is 4.98 Å². The molecule has 0 saturated heterocycles. The van der Waals surface area contributed by atoms with Crippen molar-refractivity contribution in [3.8, 4) is 28.9 Å². The van der Waals surface area contributed by atoms with Crippen molar-refractivity contribution in [2.24, 2.45) is 0 Å². The second kappa shape index (κ2) is 9.45. The highest BCUT2D eigenvalue weighted by molar-refractivity contribution is 5.98. The molecule has 0 radical (unpaired) electrons. The lowest BCUT2D eigenvalue weighted by molar-refractivity contribution is 0.0947. The molecule has 0 fully saturated rings. The van der Waals surface area contributed by atoms with Crippen molar-refractivity contribution < 1.29 is 23.7 Å². The lowest BCUT2D eigenvalue weighted by atomic mass is 10.1. The fourth-order valence-electron chi connectivity index (χ4n) is 2.80. The Hall–Kier alpha value is -3.74. The molecule has 0 spiro atoms. The molecule has 3 rings (SSSR count). The topological polar surface area (TPSA) is 78.9 Å². The van der Waals surface area contributed by atoms with E-state index in [9.17, 15) is 4.79 Å². The van der Waals surface area contributed by atoms with E-state index in [1.807, 2.05) is 36.4 Å². The third-order valence-corrected chi connectivity index (χ3v) is 4.16. The van der Waals surface area contributed by atoms with Gasteiger partial charge in [-0.2, -0.15) is 0 Å². The van der Waals surface area contributed by atoms with Gasteiger partial charge in [0.1, 0.15) is 5.75 Å². The quantitative estimate of drug-likeness (QED) is 0.626. The zero-order valence-corrected chi connectivity index (χ0v) is 16.5. The molecule has 3 aromatic rings. The van der Waals surface area contributed by atoms with Gasteiger partial charge in [0.2, 0.25) is 11.6 Å². The van der Waals surface area contributed by atoms with Crippen LogP contribution in [0.15, 0.2) is 60.8 Å². The van der Waals surface area contributed by atoms with Gasteiger partial charge in [-0.15, -0.1) is 0 Å². The van der Waals surface area contributed by atoms with Crippen LogP contribution in [0.5, 0.6) is 28.9 Å². The van der Waals surface area contributed by atoms with E-state index in [1.54, 1.807) is 24.4 Å². The number of hydrogen-bond donors (Lipinski definition) is 1. The van der Waals surface area contributed by atoms with Gasteiger partial charge in [-0.3, -0.25) is 4.79 Å². The standard InChI is InChI=1S/C22H22N2O5/c1-26-18-11-10-17(20(27-2)21(18)28-3)22(25)24-14-15-7-6-8-16(13-15)29-19-9-4-5-12-23-19/h4-13H,14H2,1-3H3,(H,24,25). The average molecular weight is 394 g/mol. The van der Waals surface area contributed by atoms with Crippen LogP contribution in [0.4, 0.5) is 0 Å². The third-order valence-electron chi connectivity index (χ3n) is 4.16. The normalized spacial score (nSPS) is 10.2. The number of nitrogens with zero attached hydrogens (tertiary/aromatic N) is 1. The van der Waals surface area contributed by atoms with E-state index in [2.05, 4.69) is 10.3 Å². The smallest absolute Gasteiger partial charge is 0.255 e. The molecule has 1 amide bonds. The van der Waals surface area contributed by atoms with E-state index in [0.29, 0.717) is 41.0 Å². The maximum absolute atomic E-state index is 12.7. The Kier molecular flexibility index (Phi) is 6.52. The van der Waals surface area contributed by atoms with Gasteiger partial charge >= 0.3 is 0 Å². The van der Waals surface area contributed by atoms with E-state index in [-0.39, 0.29) is 5.91 Å². The number of pyridine rings is 1. The molecule has 0 aliphatic carbocycles. The Labute approximate surface area is 169 Å². The van der Waals surface area contributed by atoms with E-state index in [4.69, 9.17) is 18.9 Å². The molecule has 0 aliphatic heterocycles. The summed E-state index contributed by atoms with van der Waals surface area (Å²) in [6.45, 7) is 0.315. The molecule has 0 unspecified atom stereocenters. The van der Waals surface area contributed by atoms with E-state index >= 15 is 0 Å². The predicted molar refractivity (Wildman–Crippen MR) is 108 cm³/mol. The van der Waals surface area contributed by atoms with Crippen molar-refractivity contribution in [1.29, 1.82) is 0 Å². The lowest BCUT2D eigenvalue weighted by Gasteiger charge is -2.15. The number of benzene rings is 2. The summed E-state index contributed by atoms with van der Waals surface area (Å²) in [5.41, 5.74) is 1.23. The predicted octanol–water partition coefficient (Wildman–Crippen LogP) is 3.83. The number of aromatic nitrogens is 1. The maximum Gasteiger partial charge on any atom is 0.255 e. The van der Waals surface area contributed by atoms with Gasteiger partial charge in [0.25, 0.3) is 5.91 Å². The first-order valence-electron chi connectivity index (χ1n) is 8.91. The molecular formula is C22H22N2O5. The number of nitrogens with one attached hydrogen (secondary N) is 1. The van der Waals surface area contributed by atoms with Gasteiger partial charge in [0.05, 0.1) is 26.9 Å². The van der Waals surface area contributed by atoms with Crippen LogP contribution >= 0.6 is 0 Å². The highest BCUT2D eigenvalue weighted by Gasteiger charge is 2.20. The monoisotopic (exact) mass is 394 g/mol.